The predicted octanol–water partition coefficient (Wildman–Crippen LogP) is 5.11. The number of hydrogen-bond donors (Lipinski definition) is 0. The molecule has 1 nitrogen and oxygen atoms in total. The van der Waals surface area contributed by atoms with Crippen LogP contribution in [0.1, 0.15) is 18.1 Å². The average Bonchev–Trinajstić information content (AvgIpc) is 2.51. The van der Waals surface area contributed by atoms with E-state index in [1.54, 1.807) is 6.92 Å². The lowest BCUT2D eigenvalue weighted by Crippen LogP contribution is -2.18. The highest BCUT2D eigenvalue weighted by molar-refractivity contribution is 7.68. The highest BCUT2D eigenvalue weighted by Gasteiger charge is 2.33. The minimum atomic E-state index is -4.53. The van der Waals surface area contributed by atoms with Gasteiger partial charge in [0.2, 0.25) is 0 Å². The second-order valence-corrected chi connectivity index (χ2v) is 6.69. The predicted molar refractivity (Wildman–Crippen MR) is 80.7 cm³/mol. The summed E-state index contributed by atoms with van der Waals surface area (Å²) in [5.74, 6) is 0. The number of halogens is 6. The van der Waals surface area contributed by atoms with Crippen LogP contribution in [-0.2, 0) is 16.9 Å². The molecule has 2 aromatic carbocycles. The van der Waals surface area contributed by atoms with Crippen molar-refractivity contribution in [3.8, 4) is 0 Å². The Bertz CT molecular complexity index is 638. The third-order valence-electron chi connectivity index (χ3n) is 3.07. The van der Waals surface area contributed by atoms with E-state index in [0.717, 1.165) is 24.3 Å². The monoisotopic (exact) mass is 366 g/mol. The number of hydrogen-bond acceptors (Lipinski definition) is 1. The largest absolute Gasteiger partial charge is 0.416 e. The van der Waals surface area contributed by atoms with Gasteiger partial charge in [0.05, 0.1) is 19.3 Å². The Kier molecular flexibility index (Phi) is 5.56. The molecule has 8 heteroatoms. The number of rotatable bonds is 4. The molecule has 130 valence electrons. The van der Waals surface area contributed by atoms with E-state index in [9.17, 15) is 26.3 Å². The summed E-state index contributed by atoms with van der Waals surface area (Å²) in [6.45, 7) is 1.80. The maximum Gasteiger partial charge on any atom is 0.416 e. The highest BCUT2D eigenvalue weighted by Crippen LogP contribution is 2.38. The van der Waals surface area contributed by atoms with Crippen molar-refractivity contribution >= 4 is 18.8 Å². The lowest BCUT2D eigenvalue weighted by Gasteiger charge is -2.20. The zero-order valence-corrected chi connectivity index (χ0v) is 13.3. The molecular formula is C16H13F6OP. The second kappa shape index (κ2) is 7.11. The third-order valence-corrected chi connectivity index (χ3v) is 5.08. The van der Waals surface area contributed by atoms with Crippen LogP contribution >= 0.6 is 8.15 Å². The van der Waals surface area contributed by atoms with Crippen LogP contribution in [0.3, 0.4) is 0 Å². The molecule has 24 heavy (non-hydrogen) atoms. The molecule has 0 aliphatic rings. The van der Waals surface area contributed by atoms with Gasteiger partial charge >= 0.3 is 12.4 Å². The number of alkyl halides is 6. The van der Waals surface area contributed by atoms with Crippen LogP contribution in [0.2, 0.25) is 0 Å². The summed E-state index contributed by atoms with van der Waals surface area (Å²) in [6.07, 6.45) is -9.06. The summed E-state index contributed by atoms with van der Waals surface area (Å²) in [7, 11) is -1.78. The molecule has 2 rings (SSSR count). The van der Waals surface area contributed by atoms with Crippen LogP contribution in [0.25, 0.3) is 0 Å². The molecule has 0 saturated heterocycles. The summed E-state index contributed by atoms with van der Waals surface area (Å²) in [6, 6.07) is 8.96. The average molecular weight is 366 g/mol. The van der Waals surface area contributed by atoms with Crippen molar-refractivity contribution in [1.82, 2.24) is 0 Å². The first-order chi connectivity index (χ1) is 11.1. The first-order valence-electron chi connectivity index (χ1n) is 6.90. The van der Waals surface area contributed by atoms with Crippen molar-refractivity contribution in [3.05, 3.63) is 59.7 Å². The molecule has 0 radical (unpaired) electrons. The van der Waals surface area contributed by atoms with Gasteiger partial charge in [0.15, 0.2) is 0 Å². The molecule has 0 aromatic heterocycles. The van der Waals surface area contributed by atoms with Crippen molar-refractivity contribution in [3.63, 3.8) is 0 Å². The molecule has 0 amide bonds. The fourth-order valence-corrected chi connectivity index (χ4v) is 3.85. The maximum atomic E-state index is 12.9. The maximum absolute atomic E-state index is 12.9. The Morgan fingerprint density at radius 2 is 1.21 bits per heavy atom. The Morgan fingerprint density at radius 3 is 1.54 bits per heavy atom. The zero-order chi connectivity index (χ0) is 18.0. The Hall–Kier alpha value is -1.59. The normalized spacial score (nSPS) is 12.7. The zero-order valence-electron chi connectivity index (χ0n) is 12.4. The SMILES string of the molecule is CCOP(c1cccc(C(F)(F)F)c1)c1cccc(C(F)(F)F)c1. The van der Waals surface area contributed by atoms with E-state index < -0.39 is 31.6 Å². The minimum Gasteiger partial charge on any atom is -0.350 e. The van der Waals surface area contributed by atoms with Gasteiger partial charge in [0.25, 0.3) is 0 Å². The molecule has 0 aliphatic carbocycles. The van der Waals surface area contributed by atoms with Gasteiger partial charge in [-0.1, -0.05) is 24.3 Å². The molecule has 0 atom stereocenters. The Morgan fingerprint density at radius 1 is 0.792 bits per heavy atom. The molecule has 0 fully saturated rings. The number of benzene rings is 2. The fourth-order valence-electron chi connectivity index (χ4n) is 2.04. The van der Waals surface area contributed by atoms with E-state index >= 15 is 0 Å². The molecule has 0 N–H and O–H groups in total. The van der Waals surface area contributed by atoms with Gasteiger partial charge in [-0.15, -0.1) is 0 Å². The Balaban J connectivity index is 2.47. The van der Waals surface area contributed by atoms with Crippen LogP contribution in [0, 0.1) is 0 Å². The molecule has 0 spiro atoms. The molecule has 0 saturated carbocycles. The van der Waals surface area contributed by atoms with Crippen LogP contribution < -0.4 is 10.6 Å². The third kappa shape index (κ3) is 4.48. The van der Waals surface area contributed by atoms with Gasteiger partial charge in [-0.2, -0.15) is 26.3 Å². The molecule has 0 bridgehead atoms. The van der Waals surface area contributed by atoms with Crippen molar-refractivity contribution in [1.29, 1.82) is 0 Å². The van der Waals surface area contributed by atoms with Crippen molar-refractivity contribution in [2.75, 3.05) is 6.61 Å². The van der Waals surface area contributed by atoms with E-state index in [0.29, 0.717) is 0 Å². The summed E-state index contributed by atoms with van der Waals surface area (Å²) in [5.41, 5.74) is -1.72. The molecule has 0 aliphatic heterocycles. The van der Waals surface area contributed by atoms with Crippen molar-refractivity contribution < 1.29 is 30.9 Å². The van der Waals surface area contributed by atoms with Gasteiger partial charge in [0.1, 0.15) is 0 Å². The lowest BCUT2D eigenvalue weighted by atomic mass is 10.2. The van der Waals surface area contributed by atoms with Crippen molar-refractivity contribution in [2.24, 2.45) is 0 Å². The van der Waals surface area contributed by atoms with Gasteiger partial charge in [0, 0.05) is 17.2 Å². The molecule has 0 heterocycles. The van der Waals surface area contributed by atoms with Crippen LogP contribution in [-0.4, -0.2) is 6.61 Å². The topological polar surface area (TPSA) is 9.23 Å². The van der Waals surface area contributed by atoms with Crippen molar-refractivity contribution in [2.45, 2.75) is 19.3 Å². The quantitative estimate of drug-likeness (QED) is 0.540. The van der Waals surface area contributed by atoms with E-state index in [4.69, 9.17) is 4.52 Å². The van der Waals surface area contributed by atoms with Gasteiger partial charge in [-0.05, 0) is 31.2 Å². The second-order valence-electron chi connectivity index (χ2n) is 4.81. The molecular weight excluding hydrogens is 353 g/mol. The summed E-state index contributed by atoms with van der Waals surface area (Å²) in [5, 5.41) is 0.419. The Labute approximate surface area is 136 Å². The smallest absolute Gasteiger partial charge is 0.350 e. The fraction of sp³-hybridized carbons (Fsp3) is 0.250. The summed E-state index contributed by atoms with van der Waals surface area (Å²) in [4.78, 5) is 0. The van der Waals surface area contributed by atoms with Gasteiger partial charge in [-0.3, -0.25) is 0 Å². The molecule has 2 aromatic rings. The summed E-state index contributed by atoms with van der Waals surface area (Å²) < 4.78 is 82.6. The van der Waals surface area contributed by atoms with E-state index in [1.165, 1.54) is 24.3 Å². The van der Waals surface area contributed by atoms with Crippen LogP contribution in [0.4, 0.5) is 26.3 Å². The van der Waals surface area contributed by atoms with Crippen LogP contribution in [0.15, 0.2) is 48.5 Å². The van der Waals surface area contributed by atoms with E-state index in [-0.39, 0.29) is 17.2 Å². The van der Waals surface area contributed by atoms with Gasteiger partial charge in [-0.25, -0.2) is 0 Å². The first kappa shape index (κ1) is 18.7. The summed E-state index contributed by atoms with van der Waals surface area (Å²) >= 11 is 0. The highest BCUT2D eigenvalue weighted by atomic mass is 31.1. The van der Waals surface area contributed by atoms with E-state index in [1.807, 2.05) is 0 Å². The van der Waals surface area contributed by atoms with Gasteiger partial charge < -0.3 is 4.52 Å². The lowest BCUT2D eigenvalue weighted by molar-refractivity contribution is -0.138. The molecule has 0 unspecified atom stereocenters. The van der Waals surface area contributed by atoms with E-state index in [2.05, 4.69) is 0 Å². The standard InChI is InChI=1S/C16H13F6OP/c1-2-23-24(13-7-3-5-11(9-13)15(17,18)19)14-8-4-6-12(10-14)16(20,21)22/h3-10H,2H2,1H3. The minimum absolute atomic E-state index is 0.165. The van der Waals surface area contributed by atoms with Crippen LogP contribution in [0.5, 0.6) is 0 Å². The first-order valence-corrected chi connectivity index (χ1v) is 8.16.